The molecule has 0 radical (unpaired) electrons. The second-order valence-electron chi connectivity index (χ2n) is 2.51. The Balaban J connectivity index is 2.90. The molecule has 0 fully saturated rings. The van der Waals surface area contributed by atoms with E-state index in [4.69, 9.17) is 0 Å². The van der Waals surface area contributed by atoms with Crippen molar-refractivity contribution < 1.29 is 5.11 Å². The molecule has 0 saturated heterocycles. The van der Waals surface area contributed by atoms with Gasteiger partial charge in [0.2, 0.25) is 0 Å². The molecule has 0 spiro atoms. The molecule has 1 N–H and O–H groups in total. The fourth-order valence-corrected chi connectivity index (χ4v) is 1.12. The number of aryl methyl sites for hydroxylation is 1. The number of fused-ring (bicyclic) bond motifs is 1. The molecular weight excluding hydrogens is 140 g/mol. The molecule has 3 nitrogen and oxygen atoms in total. The molecular formula is C8H8N2O. The Kier molecular flexibility index (Phi) is 1.12. The summed E-state index contributed by atoms with van der Waals surface area (Å²) in [5.41, 5.74) is 1.52. The summed E-state index contributed by atoms with van der Waals surface area (Å²) in [5, 5.41) is 9.30. The Morgan fingerprint density at radius 1 is 1.55 bits per heavy atom. The van der Waals surface area contributed by atoms with Crippen molar-refractivity contribution in [1.29, 1.82) is 0 Å². The normalized spacial score (nSPS) is 10.6. The predicted octanol–water partition coefficient (Wildman–Crippen LogP) is 1.35. The summed E-state index contributed by atoms with van der Waals surface area (Å²) >= 11 is 0. The molecule has 3 heteroatoms. The summed E-state index contributed by atoms with van der Waals surface area (Å²) in [4.78, 5) is 4.13. The van der Waals surface area contributed by atoms with Crippen LogP contribution in [-0.2, 0) is 0 Å². The standard InChI is InChI=1S/C8H8N2O/c1-6-5-10-4-2-3-7(11)8(10)9-6/h2-5,11H,1H3. The van der Waals surface area contributed by atoms with Crippen LogP contribution < -0.4 is 0 Å². The number of aromatic nitrogens is 2. The molecule has 2 aromatic heterocycles. The van der Waals surface area contributed by atoms with Crippen molar-refractivity contribution in [2.45, 2.75) is 6.92 Å². The zero-order chi connectivity index (χ0) is 7.84. The van der Waals surface area contributed by atoms with Gasteiger partial charge in [-0.25, -0.2) is 4.98 Å². The number of hydrogen-bond donors (Lipinski definition) is 1. The average molecular weight is 148 g/mol. The Morgan fingerprint density at radius 2 is 2.36 bits per heavy atom. The van der Waals surface area contributed by atoms with Crippen LogP contribution in [0.5, 0.6) is 5.75 Å². The smallest absolute Gasteiger partial charge is 0.179 e. The van der Waals surface area contributed by atoms with Crippen LogP contribution in [-0.4, -0.2) is 14.5 Å². The fourth-order valence-electron chi connectivity index (χ4n) is 1.12. The Bertz CT molecular complexity index is 392. The van der Waals surface area contributed by atoms with Gasteiger partial charge < -0.3 is 9.51 Å². The summed E-state index contributed by atoms with van der Waals surface area (Å²) in [6.45, 7) is 1.90. The zero-order valence-electron chi connectivity index (χ0n) is 6.15. The van der Waals surface area contributed by atoms with E-state index in [1.807, 2.05) is 19.3 Å². The molecule has 0 aliphatic rings. The van der Waals surface area contributed by atoms with Crippen molar-refractivity contribution in [2.24, 2.45) is 0 Å². The van der Waals surface area contributed by atoms with Crippen molar-refractivity contribution in [3.8, 4) is 5.75 Å². The number of rotatable bonds is 0. The van der Waals surface area contributed by atoms with Gasteiger partial charge in [0, 0.05) is 12.4 Å². The van der Waals surface area contributed by atoms with E-state index in [0.29, 0.717) is 5.65 Å². The minimum absolute atomic E-state index is 0.223. The first-order valence-corrected chi connectivity index (χ1v) is 3.40. The van der Waals surface area contributed by atoms with Crippen molar-refractivity contribution in [2.75, 3.05) is 0 Å². The minimum Gasteiger partial charge on any atom is -0.504 e. The molecule has 0 aliphatic heterocycles. The molecule has 2 heterocycles. The molecule has 0 amide bonds. The van der Waals surface area contributed by atoms with Gasteiger partial charge in [-0.1, -0.05) is 0 Å². The molecule has 0 aromatic carbocycles. The lowest BCUT2D eigenvalue weighted by molar-refractivity contribution is 0.477. The summed E-state index contributed by atoms with van der Waals surface area (Å²) in [5.74, 6) is 0.223. The first-order valence-electron chi connectivity index (χ1n) is 3.40. The van der Waals surface area contributed by atoms with Gasteiger partial charge in [-0.05, 0) is 19.1 Å². The van der Waals surface area contributed by atoms with Gasteiger partial charge in [0.05, 0.1) is 5.69 Å². The van der Waals surface area contributed by atoms with Gasteiger partial charge in [0.1, 0.15) is 0 Å². The van der Waals surface area contributed by atoms with E-state index in [2.05, 4.69) is 4.98 Å². The highest BCUT2D eigenvalue weighted by molar-refractivity contribution is 5.53. The highest BCUT2D eigenvalue weighted by atomic mass is 16.3. The van der Waals surface area contributed by atoms with Crippen molar-refractivity contribution in [1.82, 2.24) is 9.38 Å². The number of aromatic hydroxyl groups is 1. The Labute approximate surface area is 63.9 Å². The summed E-state index contributed by atoms with van der Waals surface area (Å²) in [7, 11) is 0. The maximum Gasteiger partial charge on any atom is 0.179 e. The largest absolute Gasteiger partial charge is 0.504 e. The highest BCUT2D eigenvalue weighted by Gasteiger charge is 2.00. The van der Waals surface area contributed by atoms with Crippen LogP contribution in [0, 0.1) is 6.92 Å². The number of pyridine rings is 1. The van der Waals surface area contributed by atoms with E-state index in [-0.39, 0.29) is 5.75 Å². The van der Waals surface area contributed by atoms with Crippen LogP contribution in [0.2, 0.25) is 0 Å². The highest BCUT2D eigenvalue weighted by Crippen LogP contribution is 2.15. The summed E-state index contributed by atoms with van der Waals surface area (Å²) in [6, 6.07) is 3.41. The van der Waals surface area contributed by atoms with Crippen LogP contribution in [0.4, 0.5) is 0 Å². The maximum atomic E-state index is 9.30. The first kappa shape index (κ1) is 6.22. The molecule has 11 heavy (non-hydrogen) atoms. The molecule has 0 unspecified atom stereocenters. The fraction of sp³-hybridized carbons (Fsp3) is 0.125. The van der Waals surface area contributed by atoms with Crippen LogP contribution in [0.1, 0.15) is 5.69 Å². The van der Waals surface area contributed by atoms with Gasteiger partial charge in [-0.2, -0.15) is 0 Å². The summed E-state index contributed by atoms with van der Waals surface area (Å²) in [6.07, 6.45) is 3.73. The maximum absolute atomic E-state index is 9.30. The topological polar surface area (TPSA) is 37.5 Å². The van der Waals surface area contributed by atoms with Gasteiger partial charge in [0.25, 0.3) is 0 Å². The van der Waals surface area contributed by atoms with E-state index in [1.165, 1.54) is 0 Å². The third kappa shape index (κ3) is 0.852. The van der Waals surface area contributed by atoms with E-state index in [9.17, 15) is 5.11 Å². The van der Waals surface area contributed by atoms with Gasteiger partial charge in [0.15, 0.2) is 11.4 Å². The third-order valence-corrected chi connectivity index (χ3v) is 1.58. The summed E-state index contributed by atoms with van der Waals surface area (Å²) < 4.78 is 1.80. The Hall–Kier alpha value is -1.51. The van der Waals surface area contributed by atoms with Crippen LogP contribution in [0.15, 0.2) is 24.5 Å². The Morgan fingerprint density at radius 3 is 3.09 bits per heavy atom. The van der Waals surface area contributed by atoms with E-state index in [0.717, 1.165) is 5.69 Å². The lowest BCUT2D eigenvalue weighted by Gasteiger charge is -1.92. The predicted molar refractivity (Wildman–Crippen MR) is 41.6 cm³/mol. The quantitative estimate of drug-likeness (QED) is 0.612. The molecule has 2 aromatic rings. The van der Waals surface area contributed by atoms with Crippen LogP contribution in [0.25, 0.3) is 5.65 Å². The van der Waals surface area contributed by atoms with Gasteiger partial charge >= 0.3 is 0 Å². The van der Waals surface area contributed by atoms with Crippen molar-refractivity contribution >= 4 is 5.65 Å². The van der Waals surface area contributed by atoms with Crippen molar-refractivity contribution in [3.63, 3.8) is 0 Å². The van der Waals surface area contributed by atoms with Gasteiger partial charge in [-0.3, -0.25) is 0 Å². The SMILES string of the molecule is Cc1cn2cccc(O)c2n1. The molecule has 0 bridgehead atoms. The minimum atomic E-state index is 0.223. The van der Waals surface area contributed by atoms with Crippen LogP contribution in [0.3, 0.4) is 0 Å². The first-order chi connectivity index (χ1) is 5.27. The molecule has 56 valence electrons. The van der Waals surface area contributed by atoms with Gasteiger partial charge in [-0.15, -0.1) is 0 Å². The number of hydrogen-bond acceptors (Lipinski definition) is 2. The lowest BCUT2D eigenvalue weighted by atomic mass is 10.4. The van der Waals surface area contributed by atoms with E-state index in [1.54, 1.807) is 16.5 Å². The third-order valence-electron chi connectivity index (χ3n) is 1.58. The van der Waals surface area contributed by atoms with E-state index >= 15 is 0 Å². The van der Waals surface area contributed by atoms with Crippen LogP contribution >= 0.6 is 0 Å². The molecule has 2 rings (SSSR count). The monoisotopic (exact) mass is 148 g/mol. The average Bonchev–Trinajstić information content (AvgIpc) is 2.31. The van der Waals surface area contributed by atoms with Crippen molar-refractivity contribution in [3.05, 3.63) is 30.2 Å². The van der Waals surface area contributed by atoms with E-state index < -0.39 is 0 Å². The molecule has 0 saturated carbocycles. The number of nitrogens with zero attached hydrogens (tertiary/aromatic N) is 2. The molecule has 0 atom stereocenters. The molecule has 0 aliphatic carbocycles. The lowest BCUT2D eigenvalue weighted by Crippen LogP contribution is -1.80. The second-order valence-corrected chi connectivity index (χ2v) is 2.51. The second kappa shape index (κ2) is 1.99. The number of imidazole rings is 1. The zero-order valence-corrected chi connectivity index (χ0v) is 6.15.